The number of esters is 1. The SMILES string of the molecule is CC(C)(C)OC(=O)Cn1cc(C(N)=O)c2cc(-c3ccc4c(c3)CCCC4)ccc21. The molecule has 30 heavy (non-hydrogen) atoms. The van der Waals surface area contributed by atoms with Crippen LogP contribution < -0.4 is 5.73 Å². The Balaban J connectivity index is 1.73. The van der Waals surface area contributed by atoms with E-state index in [0.717, 1.165) is 34.9 Å². The first kappa shape index (κ1) is 20.2. The Morgan fingerprint density at radius 1 is 1.00 bits per heavy atom. The number of aryl methyl sites for hydroxylation is 2. The van der Waals surface area contributed by atoms with Crippen LogP contribution in [0.25, 0.3) is 22.0 Å². The molecule has 1 amide bonds. The summed E-state index contributed by atoms with van der Waals surface area (Å²) in [5.41, 5.74) is 11.3. The van der Waals surface area contributed by atoms with Crippen LogP contribution in [0.1, 0.15) is 55.1 Å². The second kappa shape index (κ2) is 7.63. The van der Waals surface area contributed by atoms with Crippen LogP contribution in [0.15, 0.2) is 42.6 Å². The predicted octanol–water partition coefficient (Wildman–Crippen LogP) is 4.63. The minimum atomic E-state index is -0.563. The third kappa shape index (κ3) is 4.11. The fourth-order valence-corrected chi connectivity index (χ4v) is 4.23. The predicted molar refractivity (Wildman–Crippen MR) is 118 cm³/mol. The number of aromatic nitrogens is 1. The van der Waals surface area contributed by atoms with E-state index < -0.39 is 11.5 Å². The molecule has 4 rings (SSSR count). The number of ether oxygens (including phenoxy) is 1. The number of fused-ring (bicyclic) bond motifs is 2. The van der Waals surface area contributed by atoms with E-state index in [-0.39, 0.29) is 12.5 Å². The maximum Gasteiger partial charge on any atom is 0.326 e. The van der Waals surface area contributed by atoms with Crippen molar-refractivity contribution >= 4 is 22.8 Å². The molecule has 0 saturated heterocycles. The Morgan fingerprint density at radius 3 is 2.37 bits per heavy atom. The molecular formula is C25H28N2O3. The molecule has 2 N–H and O–H groups in total. The van der Waals surface area contributed by atoms with Crippen molar-refractivity contribution in [2.45, 2.75) is 58.6 Å². The first-order valence-electron chi connectivity index (χ1n) is 10.5. The van der Waals surface area contributed by atoms with Gasteiger partial charge in [0.15, 0.2) is 0 Å². The number of primary amides is 1. The van der Waals surface area contributed by atoms with Gasteiger partial charge in [-0.1, -0.05) is 24.3 Å². The lowest BCUT2D eigenvalue weighted by molar-refractivity contribution is -0.155. The normalized spacial score (nSPS) is 13.8. The van der Waals surface area contributed by atoms with Gasteiger partial charge in [-0.05, 0) is 80.8 Å². The summed E-state index contributed by atoms with van der Waals surface area (Å²) in [5, 5.41) is 0.751. The van der Waals surface area contributed by atoms with Gasteiger partial charge in [-0.15, -0.1) is 0 Å². The third-order valence-corrected chi connectivity index (χ3v) is 5.55. The molecule has 0 unspecified atom stereocenters. The molecule has 0 saturated carbocycles. The van der Waals surface area contributed by atoms with E-state index in [9.17, 15) is 9.59 Å². The molecule has 5 nitrogen and oxygen atoms in total. The second-order valence-electron chi connectivity index (χ2n) is 9.04. The van der Waals surface area contributed by atoms with E-state index in [2.05, 4.69) is 18.2 Å². The van der Waals surface area contributed by atoms with E-state index >= 15 is 0 Å². The quantitative estimate of drug-likeness (QED) is 0.645. The first-order chi connectivity index (χ1) is 14.2. The van der Waals surface area contributed by atoms with Gasteiger partial charge in [0.05, 0.1) is 5.56 Å². The Morgan fingerprint density at radius 2 is 1.67 bits per heavy atom. The van der Waals surface area contributed by atoms with Gasteiger partial charge in [0, 0.05) is 17.1 Å². The lowest BCUT2D eigenvalue weighted by atomic mass is 9.89. The largest absolute Gasteiger partial charge is 0.459 e. The highest BCUT2D eigenvalue weighted by Gasteiger charge is 2.20. The van der Waals surface area contributed by atoms with Crippen LogP contribution in [-0.4, -0.2) is 22.0 Å². The Bertz CT molecular complexity index is 1140. The lowest BCUT2D eigenvalue weighted by Gasteiger charge is -2.19. The average molecular weight is 405 g/mol. The fourth-order valence-electron chi connectivity index (χ4n) is 4.23. The highest BCUT2D eigenvalue weighted by atomic mass is 16.6. The molecule has 0 fully saturated rings. The second-order valence-corrected chi connectivity index (χ2v) is 9.04. The van der Waals surface area contributed by atoms with Gasteiger partial charge in [-0.3, -0.25) is 9.59 Å². The van der Waals surface area contributed by atoms with E-state index in [0.29, 0.717) is 5.56 Å². The molecule has 0 radical (unpaired) electrons. The van der Waals surface area contributed by atoms with E-state index in [1.54, 1.807) is 10.8 Å². The number of carbonyl (C=O) groups is 2. The number of nitrogens with zero attached hydrogens (tertiary/aromatic N) is 1. The summed E-state index contributed by atoms with van der Waals surface area (Å²) in [6.45, 7) is 5.52. The molecule has 2 aromatic carbocycles. The van der Waals surface area contributed by atoms with Gasteiger partial charge in [0.1, 0.15) is 12.1 Å². The minimum absolute atomic E-state index is 0.0270. The van der Waals surface area contributed by atoms with Gasteiger partial charge in [-0.2, -0.15) is 0 Å². The van der Waals surface area contributed by atoms with Crippen molar-refractivity contribution in [2.75, 3.05) is 0 Å². The zero-order chi connectivity index (χ0) is 21.5. The zero-order valence-electron chi connectivity index (χ0n) is 17.8. The summed E-state index contributed by atoms with van der Waals surface area (Å²) in [7, 11) is 0. The summed E-state index contributed by atoms with van der Waals surface area (Å²) in [4.78, 5) is 24.4. The molecule has 1 aliphatic rings. The van der Waals surface area contributed by atoms with Crippen LogP contribution in [0.5, 0.6) is 0 Å². The van der Waals surface area contributed by atoms with Crippen molar-refractivity contribution in [3.63, 3.8) is 0 Å². The first-order valence-corrected chi connectivity index (χ1v) is 10.5. The van der Waals surface area contributed by atoms with E-state index in [4.69, 9.17) is 10.5 Å². The van der Waals surface area contributed by atoms with Gasteiger partial charge in [0.25, 0.3) is 5.91 Å². The smallest absolute Gasteiger partial charge is 0.326 e. The number of carbonyl (C=O) groups excluding carboxylic acids is 2. The number of hydrogen-bond acceptors (Lipinski definition) is 3. The molecule has 0 bridgehead atoms. The van der Waals surface area contributed by atoms with Crippen molar-refractivity contribution < 1.29 is 14.3 Å². The van der Waals surface area contributed by atoms with Gasteiger partial charge in [0.2, 0.25) is 0 Å². The molecule has 156 valence electrons. The van der Waals surface area contributed by atoms with E-state index in [1.165, 1.54) is 24.0 Å². The van der Waals surface area contributed by atoms with Crippen molar-refractivity contribution in [2.24, 2.45) is 5.73 Å². The highest BCUT2D eigenvalue weighted by molar-refractivity contribution is 6.07. The third-order valence-electron chi connectivity index (χ3n) is 5.55. The number of benzene rings is 2. The molecule has 1 heterocycles. The molecule has 1 aromatic heterocycles. The van der Waals surface area contributed by atoms with Crippen molar-refractivity contribution in [1.82, 2.24) is 4.57 Å². The van der Waals surface area contributed by atoms with Crippen LogP contribution >= 0.6 is 0 Å². The Hall–Kier alpha value is -3.08. The van der Waals surface area contributed by atoms with Crippen LogP contribution in [0, 0.1) is 0 Å². The number of nitrogens with two attached hydrogens (primary N) is 1. The summed E-state index contributed by atoms with van der Waals surface area (Å²) in [6.07, 6.45) is 6.39. The van der Waals surface area contributed by atoms with Gasteiger partial charge < -0.3 is 15.0 Å². The minimum Gasteiger partial charge on any atom is -0.459 e. The molecule has 0 spiro atoms. The monoisotopic (exact) mass is 404 g/mol. The maximum absolute atomic E-state index is 12.3. The molecule has 5 heteroatoms. The molecule has 0 aliphatic heterocycles. The van der Waals surface area contributed by atoms with Crippen LogP contribution in [-0.2, 0) is 28.9 Å². The maximum atomic E-state index is 12.3. The Labute approximate surface area is 176 Å². The molecular weight excluding hydrogens is 376 g/mol. The fraction of sp³-hybridized carbons (Fsp3) is 0.360. The van der Waals surface area contributed by atoms with Crippen molar-refractivity contribution in [1.29, 1.82) is 0 Å². The topological polar surface area (TPSA) is 74.3 Å². The molecule has 1 aliphatic carbocycles. The highest BCUT2D eigenvalue weighted by Crippen LogP contribution is 2.31. The molecule has 3 aromatic rings. The Kier molecular flexibility index (Phi) is 5.14. The van der Waals surface area contributed by atoms with Gasteiger partial charge in [-0.25, -0.2) is 0 Å². The average Bonchev–Trinajstić information content (AvgIpc) is 3.04. The van der Waals surface area contributed by atoms with E-state index in [1.807, 2.05) is 39.0 Å². The van der Waals surface area contributed by atoms with Gasteiger partial charge >= 0.3 is 5.97 Å². The van der Waals surface area contributed by atoms with Crippen LogP contribution in [0.3, 0.4) is 0 Å². The number of amides is 1. The van der Waals surface area contributed by atoms with Crippen LogP contribution in [0.2, 0.25) is 0 Å². The number of hydrogen-bond donors (Lipinski definition) is 1. The summed E-state index contributed by atoms with van der Waals surface area (Å²) < 4.78 is 7.17. The zero-order valence-corrected chi connectivity index (χ0v) is 17.8. The van der Waals surface area contributed by atoms with Crippen molar-refractivity contribution in [3.8, 4) is 11.1 Å². The summed E-state index contributed by atoms with van der Waals surface area (Å²) in [5.74, 6) is -0.861. The standard InChI is InChI=1S/C25H28N2O3/c1-25(2,3)30-23(28)15-27-14-21(24(26)29)20-13-19(10-11-22(20)27)18-9-8-16-6-4-5-7-17(16)12-18/h8-14H,4-7,15H2,1-3H3,(H2,26,29). The number of rotatable bonds is 4. The van der Waals surface area contributed by atoms with Crippen molar-refractivity contribution in [3.05, 3.63) is 59.3 Å². The molecule has 0 atom stereocenters. The van der Waals surface area contributed by atoms with Crippen LogP contribution in [0.4, 0.5) is 0 Å². The summed E-state index contributed by atoms with van der Waals surface area (Å²) >= 11 is 0. The summed E-state index contributed by atoms with van der Waals surface area (Å²) in [6, 6.07) is 12.6. The lowest BCUT2D eigenvalue weighted by Crippen LogP contribution is -2.26.